The Kier molecular flexibility index (Phi) is 3.12. The third-order valence-electron chi connectivity index (χ3n) is 2.13. The van der Waals surface area contributed by atoms with Gasteiger partial charge in [0, 0.05) is 13.1 Å². The fourth-order valence-corrected chi connectivity index (χ4v) is 1.51. The van der Waals surface area contributed by atoms with Crippen LogP contribution in [0.3, 0.4) is 0 Å². The summed E-state index contributed by atoms with van der Waals surface area (Å²) in [6.45, 7) is 2.23. The summed E-state index contributed by atoms with van der Waals surface area (Å²) in [6, 6.07) is 0.662. The van der Waals surface area contributed by atoms with Crippen molar-refractivity contribution in [2.75, 3.05) is 7.05 Å². The SMILES string of the molecule is CCCC1CC1NC(=S)NC. The summed E-state index contributed by atoms with van der Waals surface area (Å²) in [5.74, 6) is 0.881. The third-order valence-corrected chi connectivity index (χ3v) is 2.45. The molecule has 2 N–H and O–H groups in total. The Bertz CT molecular complexity index is 147. The number of rotatable bonds is 3. The second-order valence-corrected chi connectivity index (χ2v) is 3.52. The predicted molar refractivity (Wildman–Crippen MR) is 51.6 cm³/mol. The molecule has 1 saturated carbocycles. The van der Waals surface area contributed by atoms with Crippen LogP contribution >= 0.6 is 12.2 Å². The average molecular weight is 172 g/mol. The molecule has 0 aromatic rings. The van der Waals surface area contributed by atoms with Crippen molar-refractivity contribution in [2.45, 2.75) is 32.2 Å². The van der Waals surface area contributed by atoms with Gasteiger partial charge in [0.05, 0.1) is 0 Å². The Balaban J connectivity index is 2.08. The zero-order valence-corrected chi connectivity index (χ0v) is 8.00. The molecular weight excluding hydrogens is 156 g/mol. The molecule has 0 heterocycles. The van der Waals surface area contributed by atoms with Crippen molar-refractivity contribution in [2.24, 2.45) is 5.92 Å². The van der Waals surface area contributed by atoms with E-state index in [-0.39, 0.29) is 0 Å². The molecule has 1 aliphatic rings. The second kappa shape index (κ2) is 3.90. The van der Waals surface area contributed by atoms with Gasteiger partial charge in [-0.1, -0.05) is 13.3 Å². The zero-order chi connectivity index (χ0) is 8.27. The molecule has 0 aliphatic heterocycles. The van der Waals surface area contributed by atoms with E-state index in [0.29, 0.717) is 6.04 Å². The van der Waals surface area contributed by atoms with Gasteiger partial charge in [-0.2, -0.15) is 0 Å². The van der Waals surface area contributed by atoms with E-state index in [9.17, 15) is 0 Å². The summed E-state index contributed by atoms with van der Waals surface area (Å²) < 4.78 is 0. The molecule has 1 fully saturated rings. The molecule has 0 bridgehead atoms. The molecule has 1 rings (SSSR count). The van der Waals surface area contributed by atoms with Crippen molar-refractivity contribution >= 4 is 17.3 Å². The lowest BCUT2D eigenvalue weighted by atomic mass is 10.2. The minimum atomic E-state index is 0.662. The van der Waals surface area contributed by atoms with Crippen LogP contribution in [0.4, 0.5) is 0 Å². The Morgan fingerprint density at radius 2 is 2.36 bits per heavy atom. The van der Waals surface area contributed by atoms with Gasteiger partial charge in [-0.15, -0.1) is 0 Å². The first kappa shape index (κ1) is 8.78. The van der Waals surface area contributed by atoms with E-state index in [1.165, 1.54) is 19.3 Å². The predicted octanol–water partition coefficient (Wildman–Crippen LogP) is 1.27. The van der Waals surface area contributed by atoms with Crippen LogP contribution < -0.4 is 10.6 Å². The van der Waals surface area contributed by atoms with Crippen LogP contribution in [-0.2, 0) is 0 Å². The van der Waals surface area contributed by atoms with Gasteiger partial charge in [0.15, 0.2) is 5.11 Å². The van der Waals surface area contributed by atoms with Gasteiger partial charge < -0.3 is 10.6 Å². The highest BCUT2D eigenvalue weighted by molar-refractivity contribution is 7.80. The smallest absolute Gasteiger partial charge is 0.166 e. The molecule has 0 spiro atoms. The Hall–Kier alpha value is -0.310. The largest absolute Gasteiger partial charge is 0.366 e. The van der Waals surface area contributed by atoms with Crippen molar-refractivity contribution in [3.8, 4) is 0 Å². The average Bonchev–Trinajstić information content (AvgIpc) is 2.69. The number of nitrogens with one attached hydrogen (secondary N) is 2. The number of hydrogen-bond donors (Lipinski definition) is 2. The number of hydrogen-bond acceptors (Lipinski definition) is 1. The fourth-order valence-electron chi connectivity index (χ4n) is 1.35. The molecule has 0 aromatic heterocycles. The van der Waals surface area contributed by atoms with E-state index in [4.69, 9.17) is 12.2 Å². The highest BCUT2D eigenvalue weighted by Crippen LogP contribution is 2.34. The first-order valence-electron chi connectivity index (χ1n) is 4.26. The van der Waals surface area contributed by atoms with E-state index in [1.54, 1.807) is 0 Å². The molecule has 3 heteroatoms. The molecule has 2 nitrogen and oxygen atoms in total. The van der Waals surface area contributed by atoms with E-state index in [2.05, 4.69) is 17.6 Å². The van der Waals surface area contributed by atoms with Crippen LogP contribution in [0.5, 0.6) is 0 Å². The van der Waals surface area contributed by atoms with Gasteiger partial charge in [0.1, 0.15) is 0 Å². The van der Waals surface area contributed by atoms with Gasteiger partial charge in [0.25, 0.3) is 0 Å². The maximum Gasteiger partial charge on any atom is 0.166 e. The van der Waals surface area contributed by atoms with E-state index >= 15 is 0 Å². The molecule has 11 heavy (non-hydrogen) atoms. The second-order valence-electron chi connectivity index (χ2n) is 3.11. The number of thiocarbonyl (C=S) groups is 1. The van der Waals surface area contributed by atoms with Gasteiger partial charge in [-0.05, 0) is 31.0 Å². The molecular formula is C8H16N2S. The summed E-state index contributed by atoms with van der Waals surface area (Å²) in [5.41, 5.74) is 0. The summed E-state index contributed by atoms with van der Waals surface area (Å²) in [6.07, 6.45) is 3.93. The van der Waals surface area contributed by atoms with Crippen molar-refractivity contribution in [3.05, 3.63) is 0 Å². The van der Waals surface area contributed by atoms with Gasteiger partial charge in [0.2, 0.25) is 0 Å². The normalized spacial score (nSPS) is 27.8. The fraction of sp³-hybridized carbons (Fsp3) is 0.875. The standard InChI is InChI=1S/C8H16N2S/c1-3-4-6-5-7(6)10-8(11)9-2/h6-7H,3-5H2,1-2H3,(H2,9,10,11). The molecule has 0 aromatic carbocycles. The monoisotopic (exact) mass is 172 g/mol. The first-order valence-corrected chi connectivity index (χ1v) is 4.67. The molecule has 64 valence electrons. The van der Waals surface area contributed by atoms with Gasteiger partial charge in [-0.3, -0.25) is 0 Å². The van der Waals surface area contributed by atoms with Gasteiger partial charge in [-0.25, -0.2) is 0 Å². The van der Waals surface area contributed by atoms with Crippen molar-refractivity contribution in [1.29, 1.82) is 0 Å². The van der Waals surface area contributed by atoms with Crippen LogP contribution in [0.1, 0.15) is 26.2 Å². The maximum atomic E-state index is 4.99. The van der Waals surface area contributed by atoms with Crippen molar-refractivity contribution in [3.63, 3.8) is 0 Å². The Morgan fingerprint density at radius 3 is 2.91 bits per heavy atom. The Labute approximate surface area is 73.7 Å². The van der Waals surface area contributed by atoms with Crippen LogP contribution in [0.15, 0.2) is 0 Å². The van der Waals surface area contributed by atoms with Crippen LogP contribution in [0, 0.1) is 5.92 Å². The van der Waals surface area contributed by atoms with E-state index in [1.807, 2.05) is 7.05 Å². The molecule has 0 radical (unpaired) electrons. The van der Waals surface area contributed by atoms with E-state index in [0.717, 1.165) is 11.0 Å². The molecule has 2 unspecified atom stereocenters. The lowest BCUT2D eigenvalue weighted by Crippen LogP contribution is -2.34. The summed E-state index contributed by atoms with van der Waals surface area (Å²) in [7, 11) is 1.85. The maximum absolute atomic E-state index is 4.99. The minimum absolute atomic E-state index is 0.662. The highest BCUT2D eigenvalue weighted by Gasteiger charge is 2.36. The minimum Gasteiger partial charge on any atom is -0.366 e. The Morgan fingerprint density at radius 1 is 1.64 bits per heavy atom. The summed E-state index contributed by atoms with van der Waals surface area (Å²) >= 11 is 4.99. The molecule has 0 saturated heterocycles. The molecule has 1 aliphatic carbocycles. The highest BCUT2D eigenvalue weighted by atomic mass is 32.1. The van der Waals surface area contributed by atoms with Crippen LogP contribution in [0.2, 0.25) is 0 Å². The van der Waals surface area contributed by atoms with Crippen LogP contribution in [-0.4, -0.2) is 18.2 Å². The zero-order valence-electron chi connectivity index (χ0n) is 7.18. The van der Waals surface area contributed by atoms with Gasteiger partial charge >= 0.3 is 0 Å². The quantitative estimate of drug-likeness (QED) is 0.627. The lowest BCUT2D eigenvalue weighted by Gasteiger charge is -2.05. The van der Waals surface area contributed by atoms with Crippen LogP contribution in [0.25, 0.3) is 0 Å². The lowest BCUT2D eigenvalue weighted by molar-refractivity contribution is 0.661. The summed E-state index contributed by atoms with van der Waals surface area (Å²) in [4.78, 5) is 0. The first-order chi connectivity index (χ1) is 5.27. The van der Waals surface area contributed by atoms with Crippen molar-refractivity contribution in [1.82, 2.24) is 10.6 Å². The topological polar surface area (TPSA) is 24.1 Å². The van der Waals surface area contributed by atoms with Crippen molar-refractivity contribution < 1.29 is 0 Å². The summed E-state index contributed by atoms with van der Waals surface area (Å²) in [5, 5.41) is 6.96. The molecule has 2 atom stereocenters. The molecule has 0 amide bonds. The van der Waals surface area contributed by atoms with E-state index < -0.39 is 0 Å². The third kappa shape index (κ3) is 2.66.